The van der Waals surface area contributed by atoms with E-state index >= 15 is 0 Å². The van der Waals surface area contributed by atoms with Gasteiger partial charge in [-0.05, 0) is 62.4 Å². The molecule has 4 rings (SSSR count). The summed E-state index contributed by atoms with van der Waals surface area (Å²) in [5, 5.41) is 0. The van der Waals surface area contributed by atoms with E-state index in [2.05, 4.69) is 11.8 Å². The lowest BCUT2D eigenvalue weighted by Crippen LogP contribution is -2.38. The van der Waals surface area contributed by atoms with Gasteiger partial charge in [0.2, 0.25) is 0 Å². The summed E-state index contributed by atoms with van der Waals surface area (Å²) >= 11 is 0. The SMILES string of the molecule is COc1ccc(C2=C(N3CCC(C)CC3)C(=O)N(c3ccccc3OC(C)C)C2=O)cc1. The molecule has 2 aliphatic rings. The van der Waals surface area contributed by atoms with Crippen LogP contribution in [-0.4, -0.2) is 43.0 Å². The minimum Gasteiger partial charge on any atom is -0.497 e. The van der Waals surface area contributed by atoms with Crippen LogP contribution in [0.3, 0.4) is 0 Å². The van der Waals surface area contributed by atoms with E-state index in [4.69, 9.17) is 9.47 Å². The highest BCUT2D eigenvalue weighted by atomic mass is 16.5. The third-order valence-electron chi connectivity index (χ3n) is 6.01. The van der Waals surface area contributed by atoms with Gasteiger partial charge in [-0.15, -0.1) is 0 Å². The fourth-order valence-electron chi connectivity index (χ4n) is 4.28. The number of anilines is 1. The van der Waals surface area contributed by atoms with E-state index in [0.29, 0.717) is 39.9 Å². The summed E-state index contributed by atoms with van der Waals surface area (Å²) in [5.41, 5.74) is 2.10. The monoisotopic (exact) mass is 434 g/mol. The van der Waals surface area contributed by atoms with Crippen LogP contribution in [0.1, 0.15) is 39.2 Å². The van der Waals surface area contributed by atoms with Crippen LogP contribution in [-0.2, 0) is 9.59 Å². The van der Waals surface area contributed by atoms with Crippen molar-refractivity contribution < 1.29 is 19.1 Å². The number of piperidine rings is 1. The molecule has 0 aliphatic carbocycles. The maximum absolute atomic E-state index is 13.8. The van der Waals surface area contributed by atoms with Crippen molar-refractivity contribution in [2.75, 3.05) is 25.1 Å². The van der Waals surface area contributed by atoms with Gasteiger partial charge in [-0.2, -0.15) is 0 Å². The summed E-state index contributed by atoms with van der Waals surface area (Å²) in [5.74, 6) is 1.21. The Labute approximate surface area is 189 Å². The summed E-state index contributed by atoms with van der Waals surface area (Å²) in [7, 11) is 1.60. The van der Waals surface area contributed by atoms with Gasteiger partial charge in [0.1, 0.15) is 17.2 Å². The average molecular weight is 435 g/mol. The molecule has 0 unspecified atom stereocenters. The van der Waals surface area contributed by atoms with Gasteiger partial charge < -0.3 is 14.4 Å². The molecule has 6 heteroatoms. The number of nitrogens with zero attached hydrogens (tertiary/aromatic N) is 2. The van der Waals surface area contributed by atoms with Gasteiger partial charge in [0.05, 0.1) is 24.5 Å². The number of ether oxygens (including phenoxy) is 2. The largest absolute Gasteiger partial charge is 0.497 e. The molecule has 1 saturated heterocycles. The number of hydrogen-bond donors (Lipinski definition) is 0. The third kappa shape index (κ3) is 4.09. The van der Waals surface area contributed by atoms with Gasteiger partial charge >= 0.3 is 0 Å². The second kappa shape index (κ2) is 9.07. The summed E-state index contributed by atoms with van der Waals surface area (Å²) in [4.78, 5) is 30.9. The lowest BCUT2D eigenvalue weighted by molar-refractivity contribution is -0.120. The molecule has 2 aliphatic heterocycles. The Morgan fingerprint density at radius 1 is 0.938 bits per heavy atom. The standard InChI is InChI=1S/C26H30N2O4/c1-17(2)32-22-8-6-5-7-21(22)28-25(29)23(19-9-11-20(31-4)12-10-19)24(26(28)30)27-15-13-18(3)14-16-27/h5-12,17-18H,13-16H2,1-4H3. The van der Waals surface area contributed by atoms with Crippen molar-refractivity contribution in [3.63, 3.8) is 0 Å². The topological polar surface area (TPSA) is 59.1 Å². The first kappa shape index (κ1) is 21.9. The molecule has 2 aromatic rings. The van der Waals surface area contributed by atoms with E-state index in [9.17, 15) is 9.59 Å². The molecule has 0 atom stereocenters. The number of amides is 2. The molecule has 2 amide bonds. The Balaban J connectivity index is 1.80. The van der Waals surface area contributed by atoms with Gasteiger partial charge in [0, 0.05) is 13.1 Å². The summed E-state index contributed by atoms with van der Waals surface area (Å²) in [6.45, 7) is 7.58. The zero-order valence-corrected chi connectivity index (χ0v) is 19.1. The number of imide groups is 1. The van der Waals surface area contributed by atoms with Crippen LogP contribution in [0.5, 0.6) is 11.5 Å². The Hall–Kier alpha value is -3.28. The van der Waals surface area contributed by atoms with Crippen LogP contribution < -0.4 is 14.4 Å². The van der Waals surface area contributed by atoms with Crippen LogP contribution in [0.15, 0.2) is 54.2 Å². The molecule has 6 nitrogen and oxygen atoms in total. The average Bonchev–Trinajstić information content (AvgIpc) is 3.04. The van der Waals surface area contributed by atoms with Crippen LogP contribution in [0.25, 0.3) is 5.57 Å². The fraction of sp³-hybridized carbons (Fsp3) is 0.385. The van der Waals surface area contributed by atoms with E-state index in [1.807, 2.05) is 50.2 Å². The van der Waals surface area contributed by atoms with Crippen molar-refractivity contribution in [1.29, 1.82) is 0 Å². The van der Waals surface area contributed by atoms with E-state index in [0.717, 1.165) is 25.9 Å². The normalized spacial score (nSPS) is 17.5. The highest BCUT2D eigenvalue weighted by molar-refractivity contribution is 6.45. The number of para-hydroxylation sites is 2. The van der Waals surface area contributed by atoms with Gasteiger partial charge in [-0.1, -0.05) is 31.2 Å². The van der Waals surface area contributed by atoms with Crippen LogP contribution in [0.4, 0.5) is 5.69 Å². The van der Waals surface area contributed by atoms with E-state index in [-0.39, 0.29) is 17.9 Å². The lowest BCUT2D eigenvalue weighted by atomic mass is 9.97. The quantitative estimate of drug-likeness (QED) is 0.627. The van der Waals surface area contributed by atoms with Crippen molar-refractivity contribution in [1.82, 2.24) is 4.90 Å². The Morgan fingerprint density at radius 3 is 2.22 bits per heavy atom. The zero-order chi connectivity index (χ0) is 22.8. The van der Waals surface area contributed by atoms with Crippen LogP contribution in [0.2, 0.25) is 0 Å². The van der Waals surface area contributed by atoms with Gasteiger partial charge in [0.15, 0.2) is 0 Å². The first-order chi connectivity index (χ1) is 15.4. The van der Waals surface area contributed by atoms with Crippen molar-refractivity contribution >= 4 is 23.1 Å². The maximum Gasteiger partial charge on any atom is 0.282 e. The highest BCUT2D eigenvalue weighted by Gasteiger charge is 2.44. The third-order valence-corrected chi connectivity index (χ3v) is 6.01. The molecule has 0 aromatic heterocycles. The Kier molecular flexibility index (Phi) is 6.21. The second-order valence-electron chi connectivity index (χ2n) is 8.70. The molecule has 32 heavy (non-hydrogen) atoms. The number of benzene rings is 2. The first-order valence-electron chi connectivity index (χ1n) is 11.2. The molecule has 1 fully saturated rings. The molecule has 0 spiro atoms. The van der Waals surface area contributed by atoms with Gasteiger partial charge in [-0.3, -0.25) is 9.59 Å². The molecule has 0 saturated carbocycles. The van der Waals surface area contributed by atoms with Crippen molar-refractivity contribution in [3.05, 3.63) is 59.8 Å². The molecule has 2 heterocycles. The van der Waals surface area contributed by atoms with Gasteiger partial charge in [-0.25, -0.2) is 4.90 Å². The van der Waals surface area contributed by atoms with Gasteiger partial charge in [0.25, 0.3) is 11.8 Å². The first-order valence-corrected chi connectivity index (χ1v) is 11.2. The minimum absolute atomic E-state index is 0.0824. The fourth-order valence-corrected chi connectivity index (χ4v) is 4.28. The molecular weight excluding hydrogens is 404 g/mol. The maximum atomic E-state index is 13.8. The van der Waals surface area contributed by atoms with E-state index in [1.165, 1.54) is 4.90 Å². The summed E-state index contributed by atoms with van der Waals surface area (Å²) in [6, 6.07) is 14.5. The Morgan fingerprint density at radius 2 is 1.59 bits per heavy atom. The predicted molar refractivity (Wildman–Crippen MR) is 125 cm³/mol. The van der Waals surface area contributed by atoms with Crippen LogP contribution in [0, 0.1) is 5.92 Å². The molecule has 168 valence electrons. The zero-order valence-electron chi connectivity index (χ0n) is 19.1. The number of carbonyl (C=O) groups is 2. The second-order valence-corrected chi connectivity index (χ2v) is 8.70. The predicted octanol–water partition coefficient (Wildman–Crippen LogP) is 4.50. The molecule has 0 bridgehead atoms. The summed E-state index contributed by atoms with van der Waals surface area (Å²) < 4.78 is 11.2. The van der Waals surface area contributed by atoms with Crippen molar-refractivity contribution in [2.45, 2.75) is 39.7 Å². The number of likely N-dealkylation sites (tertiary alicyclic amines) is 1. The number of carbonyl (C=O) groups excluding carboxylic acids is 2. The molecular formula is C26H30N2O4. The molecule has 0 N–H and O–H groups in total. The van der Waals surface area contributed by atoms with Crippen LogP contribution >= 0.6 is 0 Å². The minimum atomic E-state index is -0.325. The Bertz CT molecular complexity index is 1030. The smallest absolute Gasteiger partial charge is 0.282 e. The number of hydrogen-bond acceptors (Lipinski definition) is 5. The molecule has 0 radical (unpaired) electrons. The number of rotatable bonds is 6. The van der Waals surface area contributed by atoms with E-state index < -0.39 is 0 Å². The lowest BCUT2D eigenvalue weighted by Gasteiger charge is -2.32. The van der Waals surface area contributed by atoms with Crippen molar-refractivity contribution in [3.8, 4) is 11.5 Å². The molecule has 2 aromatic carbocycles. The van der Waals surface area contributed by atoms with E-state index in [1.54, 1.807) is 19.2 Å². The highest BCUT2D eigenvalue weighted by Crippen LogP contribution is 2.40. The summed E-state index contributed by atoms with van der Waals surface area (Å²) in [6.07, 6.45) is 1.91. The number of methoxy groups -OCH3 is 1. The van der Waals surface area contributed by atoms with Crippen molar-refractivity contribution in [2.24, 2.45) is 5.92 Å².